The van der Waals surface area contributed by atoms with Crippen LogP contribution in [0.25, 0.3) is 0 Å². The van der Waals surface area contributed by atoms with Gasteiger partial charge in [-0.25, -0.2) is 4.39 Å². The Kier molecular flexibility index (Phi) is 3.25. The molecule has 0 aliphatic heterocycles. The van der Waals surface area contributed by atoms with Gasteiger partial charge in [0.05, 0.1) is 6.61 Å². The van der Waals surface area contributed by atoms with Crippen molar-refractivity contribution in [1.82, 2.24) is 0 Å². The van der Waals surface area contributed by atoms with Crippen LogP contribution in [0.2, 0.25) is 0 Å². The van der Waals surface area contributed by atoms with E-state index >= 15 is 0 Å². The molecule has 1 aromatic rings. The van der Waals surface area contributed by atoms with E-state index in [9.17, 15) is 4.39 Å². The first-order valence-electron chi connectivity index (χ1n) is 4.32. The molecule has 1 rings (SSSR count). The fraction of sp³-hybridized carbons (Fsp3) is 0.400. The predicted octanol–water partition coefficient (Wildman–Crippen LogP) is 2.24. The highest BCUT2D eigenvalue weighted by Crippen LogP contribution is 2.19. The topological polar surface area (TPSA) is 35.2 Å². The summed E-state index contributed by atoms with van der Waals surface area (Å²) in [5.41, 5.74) is 6.38. The molecule has 0 saturated heterocycles. The largest absolute Gasteiger partial charge is 0.494 e. The molecule has 0 aromatic heterocycles. The lowest BCUT2D eigenvalue weighted by atomic mass is 10.1. The molecule has 0 amide bonds. The van der Waals surface area contributed by atoms with Crippen LogP contribution in [0.4, 0.5) is 4.39 Å². The summed E-state index contributed by atoms with van der Waals surface area (Å²) in [4.78, 5) is 0. The number of nitrogens with two attached hydrogens (primary N) is 1. The van der Waals surface area contributed by atoms with Crippen molar-refractivity contribution in [3.63, 3.8) is 0 Å². The second-order valence-electron chi connectivity index (χ2n) is 2.94. The zero-order valence-electron chi connectivity index (χ0n) is 7.88. The summed E-state index contributed by atoms with van der Waals surface area (Å²) in [5.74, 6) is 0.230. The van der Waals surface area contributed by atoms with E-state index in [0.717, 1.165) is 5.56 Å². The van der Waals surface area contributed by atoms with Crippen LogP contribution in [0.3, 0.4) is 0 Å². The molecule has 1 atom stereocenters. The van der Waals surface area contributed by atoms with Gasteiger partial charge in [0.25, 0.3) is 0 Å². The first-order chi connectivity index (χ1) is 6.13. The quantitative estimate of drug-likeness (QED) is 0.780. The SMILES string of the molecule is CCOc1cc(F)cc(C(C)N)c1. The number of rotatable bonds is 3. The van der Waals surface area contributed by atoms with Crippen molar-refractivity contribution in [2.24, 2.45) is 5.73 Å². The standard InChI is InChI=1S/C10H14FNO/c1-3-13-10-5-8(7(2)12)4-9(11)6-10/h4-7H,3,12H2,1-2H3. The lowest BCUT2D eigenvalue weighted by molar-refractivity contribution is 0.337. The monoisotopic (exact) mass is 183 g/mol. The smallest absolute Gasteiger partial charge is 0.127 e. The molecular weight excluding hydrogens is 169 g/mol. The molecule has 1 aromatic carbocycles. The van der Waals surface area contributed by atoms with Crippen LogP contribution in [0.15, 0.2) is 18.2 Å². The highest BCUT2D eigenvalue weighted by atomic mass is 19.1. The van der Waals surface area contributed by atoms with Gasteiger partial charge in [0.15, 0.2) is 0 Å². The Morgan fingerprint density at radius 3 is 2.69 bits per heavy atom. The van der Waals surface area contributed by atoms with Gasteiger partial charge in [-0.05, 0) is 31.5 Å². The molecule has 0 aliphatic rings. The number of halogens is 1. The number of hydrogen-bond acceptors (Lipinski definition) is 2. The minimum Gasteiger partial charge on any atom is -0.494 e. The Morgan fingerprint density at radius 1 is 1.46 bits per heavy atom. The van der Waals surface area contributed by atoms with Crippen LogP contribution in [-0.4, -0.2) is 6.61 Å². The van der Waals surface area contributed by atoms with Crippen molar-refractivity contribution in [2.75, 3.05) is 6.61 Å². The van der Waals surface area contributed by atoms with E-state index in [1.54, 1.807) is 6.07 Å². The first kappa shape index (κ1) is 9.99. The molecular formula is C10H14FNO. The minimum absolute atomic E-state index is 0.171. The summed E-state index contributed by atoms with van der Waals surface area (Å²) in [6.07, 6.45) is 0. The van der Waals surface area contributed by atoms with Crippen LogP contribution in [0.5, 0.6) is 5.75 Å². The zero-order valence-corrected chi connectivity index (χ0v) is 7.88. The van der Waals surface area contributed by atoms with Crippen LogP contribution in [-0.2, 0) is 0 Å². The lowest BCUT2D eigenvalue weighted by Crippen LogP contribution is -2.06. The highest BCUT2D eigenvalue weighted by Gasteiger charge is 2.04. The average molecular weight is 183 g/mol. The Labute approximate surface area is 77.5 Å². The maximum atomic E-state index is 13.0. The third kappa shape index (κ3) is 2.70. The maximum absolute atomic E-state index is 13.0. The average Bonchev–Trinajstić information content (AvgIpc) is 2.03. The number of ether oxygens (including phenoxy) is 1. The van der Waals surface area contributed by atoms with Gasteiger partial charge < -0.3 is 10.5 Å². The fourth-order valence-electron chi connectivity index (χ4n) is 1.10. The minimum atomic E-state index is -0.307. The van der Waals surface area contributed by atoms with Crippen LogP contribution < -0.4 is 10.5 Å². The van der Waals surface area contributed by atoms with Gasteiger partial charge in [-0.1, -0.05) is 0 Å². The summed E-state index contributed by atoms with van der Waals surface area (Å²) in [7, 11) is 0. The van der Waals surface area contributed by atoms with Gasteiger partial charge in [-0.3, -0.25) is 0 Å². The van der Waals surface area contributed by atoms with E-state index in [2.05, 4.69) is 0 Å². The Morgan fingerprint density at radius 2 is 2.15 bits per heavy atom. The predicted molar refractivity (Wildman–Crippen MR) is 50.2 cm³/mol. The zero-order chi connectivity index (χ0) is 9.84. The maximum Gasteiger partial charge on any atom is 0.127 e. The Balaban J connectivity index is 2.96. The second-order valence-corrected chi connectivity index (χ2v) is 2.94. The molecule has 0 heterocycles. The molecule has 2 N–H and O–H groups in total. The second kappa shape index (κ2) is 4.23. The molecule has 13 heavy (non-hydrogen) atoms. The number of benzene rings is 1. The van der Waals surface area contributed by atoms with E-state index in [0.29, 0.717) is 12.4 Å². The molecule has 0 aliphatic carbocycles. The van der Waals surface area contributed by atoms with Gasteiger partial charge in [-0.2, -0.15) is 0 Å². The van der Waals surface area contributed by atoms with E-state index in [1.165, 1.54) is 12.1 Å². The summed E-state index contributed by atoms with van der Waals surface area (Å²) in [6, 6.07) is 4.37. The van der Waals surface area contributed by atoms with Crippen LogP contribution in [0.1, 0.15) is 25.5 Å². The van der Waals surface area contributed by atoms with Gasteiger partial charge in [0.1, 0.15) is 11.6 Å². The lowest BCUT2D eigenvalue weighted by Gasteiger charge is -2.09. The van der Waals surface area contributed by atoms with Crippen molar-refractivity contribution < 1.29 is 9.13 Å². The Bertz CT molecular complexity index is 286. The van der Waals surface area contributed by atoms with Crippen molar-refractivity contribution >= 4 is 0 Å². The molecule has 0 fully saturated rings. The van der Waals surface area contributed by atoms with E-state index in [-0.39, 0.29) is 11.9 Å². The normalized spacial score (nSPS) is 12.6. The van der Waals surface area contributed by atoms with Crippen molar-refractivity contribution in [2.45, 2.75) is 19.9 Å². The van der Waals surface area contributed by atoms with E-state index in [4.69, 9.17) is 10.5 Å². The molecule has 3 heteroatoms. The fourth-order valence-corrected chi connectivity index (χ4v) is 1.10. The molecule has 0 spiro atoms. The van der Waals surface area contributed by atoms with E-state index < -0.39 is 0 Å². The first-order valence-corrected chi connectivity index (χ1v) is 4.32. The summed E-state index contributed by atoms with van der Waals surface area (Å²) < 4.78 is 18.2. The van der Waals surface area contributed by atoms with Gasteiger partial charge in [0, 0.05) is 12.1 Å². The van der Waals surface area contributed by atoms with Gasteiger partial charge in [-0.15, -0.1) is 0 Å². The molecule has 2 nitrogen and oxygen atoms in total. The number of hydrogen-bond donors (Lipinski definition) is 1. The molecule has 1 unspecified atom stereocenters. The van der Waals surface area contributed by atoms with E-state index in [1.807, 2.05) is 13.8 Å². The summed E-state index contributed by atoms with van der Waals surface area (Å²) in [6.45, 7) is 4.20. The molecule has 0 radical (unpaired) electrons. The third-order valence-electron chi connectivity index (χ3n) is 1.73. The molecule has 0 saturated carbocycles. The Hall–Kier alpha value is -1.09. The molecule has 0 bridgehead atoms. The summed E-state index contributed by atoms with van der Waals surface area (Å²) >= 11 is 0. The van der Waals surface area contributed by atoms with Crippen molar-refractivity contribution in [3.8, 4) is 5.75 Å². The highest BCUT2D eigenvalue weighted by molar-refractivity contribution is 5.31. The van der Waals surface area contributed by atoms with Crippen molar-refractivity contribution in [1.29, 1.82) is 0 Å². The van der Waals surface area contributed by atoms with Crippen LogP contribution in [0, 0.1) is 5.82 Å². The van der Waals surface area contributed by atoms with Gasteiger partial charge in [0.2, 0.25) is 0 Å². The van der Waals surface area contributed by atoms with Crippen LogP contribution >= 0.6 is 0 Å². The summed E-state index contributed by atoms with van der Waals surface area (Å²) in [5, 5.41) is 0. The van der Waals surface area contributed by atoms with Crippen molar-refractivity contribution in [3.05, 3.63) is 29.6 Å². The third-order valence-corrected chi connectivity index (χ3v) is 1.73. The molecule has 72 valence electrons. The van der Waals surface area contributed by atoms with Gasteiger partial charge >= 0.3 is 0 Å².